The van der Waals surface area contributed by atoms with Gasteiger partial charge in [0.15, 0.2) is 5.03 Å². The third-order valence-electron chi connectivity index (χ3n) is 2.66. The van der Waals surface area contributed by atoms with Gasteiger partial charge in [0.25, 0.3) is 10.0 Å². The van der Waals surface area contributed by atoms with Crippen molar-refractivity contribution in [2.24, 2.45) is 0 Å². The minimum atomic E-state index is -4.18. The molecule has 0 aliphatic carbocycles. The smallest absolute Gasteiger partial charge is 0.340 e. The molecule has 1 unspecified atom stereocenters. The van der Waals surface area contributed by atoms with Crippen molar-refractivity contribution in [3.05, 3.63) is 11.8 Å². The number of aromatic amines is 1. The molecule has 1 aromatic heterocycles. The van der Waals surface area contributed by atoms with E-state index in [4.69, 9.17) is 5.11 Å². The molecule has 1 heterocycles. The van der Waals surface area contributed by atoms with E-state index in [0.29, 0.717) is 6.54 Å². The molecule has 1 amide bonds. The minimum absolute atomic E-state index is 0.424. The second-order valence-corrected chi connectivity index (χ2v) is 5.76. The zero-order valence-corrected chi connectivity index (χ0v) is 12.1. The summed E-state index contributed by atoms with van der Waals surface area (Å²) in [7, 11) is -2.64. The molecule has 0 aliphatic heterocycles. The predicted molar refractivity (Wildman–Crippen MR) is 68.6 cm³/mol. The number of carboxylic acids is 1. The Balaban J connectivity index is 2.98. The highest BCUT2D eigenvalue weighted by molar-refractivity contribution is 7.89. The molecule has 20 heavy (non-hydrogen) atoms. The third kappa shape index (κ3) is 3.33. The third-order valence-corrected chi connectivity index (χ3v) is 4.17. The second-order valence-electron chi connectivity index (χ2n) is 4.11. The summed E-state index contributed by atoms with van der Waals surface area (Å²) in [5, 5.41) is 13.8. The van der Waals surface area contributed by atoms with Crippen LogP contribution in [0.2, 0.25) is 0 Å². The number of carbonyl (C=O) groups excluding carboxylic acids is 1. The molecular weight excluding hydrogens is 288 g/mol. The first-order valence-corrected chi connectivity index (χ1v) is 7.23. The van der Waals surface area contributed by atoms with Crippen LogP contribution in [0.3, 0.4) is 0 Å². The average molecular weight is 304 g/mol. The molecule has 0 radical (unpaired) electrons. The summed E-state index contributed by atoms with van der Waals surface area (Å²) in [6, 6.07) is -1.02. The van der Waals surface area contributed by atoms with Crippen LogP contribution >= 0.6 is 0 Å². The van der Waals surface area contributed by atoms with Crippen molar-refractivity contribution in [3.8, 4) is 0 Å². The fourth-order valence-corrected chi connectivity index (χ4v) is 2.75. The summed E-state index contributed by atoms with van der Waals surface area (Å²) in [5.74, 6) is -1.85. The van der Waals surface area contributed by atoms with Gasteiger partial charge in [0.2, 0.25) is 5.91 Å². The first-order chi connectivity index (χ1) is 9.20. The number of amides is 1. The number of likely N-dealkylation sites (N-methyl/N-ethyl adjacent to an activating group) is 1. The number of sulfonamides is 1. The lowest BCUT2D eigenvalue weighted by atomic mass is 10.3. The van der Waals surface area contributed by atoms with E-state index in [9.17, 15) is 18.0 Å². The van der Waals surface area contributed by atoms with E-state index in [0.717, 1.165) is 6.20 Å². The Morgan fingerprint density at radius 2 is 2.15 bits per heavy atom. The van der Waals surface area contributed by atoms with E-state index in [-0.39, 0.29) is 0 Å². The molecule has 0 spiro atoms. The fourth-order valence-electron chi connectivity index (χ4n) is 1.46. The van der Waals surface area contributed by atoms with Gasteiger partial charge < -0.3 is 10.0 Å². The van der Waals surface area contributed by atoms with Crippen LogP contribution < -0.4 is 4.72 Å². The first-order valence-electron chi connectivity index (χ1n) is 5.74. The molecule has 10 heteroatoms. The Kier molecular flexibility index (Phi) is 4.84. The first kappa shape index (κ1) is 16.1. The van der Waals surface area contributed by atoms with E-state index >= 15 is 0 Å². The maximum atomic E-state index is 12.0. The Morgan fingerprint density at radius 1 is 1.55 bits per heavy atom. The zero-order valence-electron chi connectivity index (χ0n) is 11.2. The molecule has 112 valence electrons. The maximum Gasteiger partial charge on any atom is 0.340 e. The minimum Gasteiger partial charge on any atom is -0.478 e. The van der Waals surface area contributed by atoms with Crippen LogP contribution in [0.15, 0.2) is 11.2 Å². The van der Waals surface area contributed by atoms with Gasteiger partial charge in [0, 0.05) is 13.6 Å². The molecule has 0 bridgehead atoms. The summed E-state index contributed by atoms with van der Waals surface area (Å²) in [4.78, 5) is 24.0. The predicted octanol–water partition coefficient (Wildman–Crippen LogP) is -0.747. The molecule has 0 fully saturated rings. The highest BCUT2D eigenvalue weighted by Crippen LogP contribution is 2.12. The number of carboxylic acid groups (broad SMARTS) is 1. The summed E-state index contributed by atoms with van der Waals surface area (Å²) in [6.07, 6.45) is 0.890. The summed E-state index contributed by atoms with van der Waals surface area (Å²) < 4.78 is 26.2. The molecule has 3 N–H and O–H groups in total. The van der Waals surface area contributed by atoms with E-state index in [2.05, 4.69) is 14.9 Å². The van der Waals surface area contributed by atoms with Crippen molar-refractivity contribution < 1.29 is 23.1 Å². The molecule has 0 aliphatic rings. The maximum absolute atomic E-state index is 12.0. The van der Waals surface area contributed by atoms with Gasteiger partial charge >= 0.3 is 5.97 Å². The Bertz CT molecular complexity index is 609. The van der Waals surface area contributed by atoms with Crippen LogP contribution in [0.25, 0.3) is 0 Å². The van der Waals surface area contributed by atoms with Gasteiger partial charge in [-0.15, -0.1) is 0 Å². The molecule has 0 saturated heterocycles. The Morgan fingerprint density at radius 3 is 2.65 bits per heavy atom. The Labute approximate surface area is 116 Å². The van der Waals surface area contributed by atoms with Crippen LogP contribution in [-0.2, 0) is 14.8 Å². The van der Waals surface area contributed by atoms with Gasteiger partial charge in [-0.3, -0.25) is 9.89 Å². The van der Waals surface area contributed by atoms with Gasteiger partial charge in [0.1, 0.15) is 5.56 Å². The van der Waals surface area contributed by atoms with Crippen LogP contribution in [0, 0.1) is 0 Å². The number of hydrogen-bond donors (Lipinski definition) is 3. The molecule has 0 saturated carbocycles. The second kappa shape index (κ2) is 6.01. The lowest BCUT2D eigenvalue weighted by Gasteiger charge is -2.20. The van der Waals surface area contributed by atoms with E-state index in [1.165, 1.54) is 18.9 Å². The number of hydrogen-bond acceptors (Lipinski definition) is 5. The zero-order chi connectivity index (χ0) is 15.5. The van der Waals surface area contributed by atoms with E-state index in [1.54, 1.807) is 6.92 Å². The van der Waals surface area contributed by atoms with Crippen molar-refractivity contribution in [1.82, 2.24) is 19.8 Å². The van der Waals surface area contributed by atoms with Crippen LogP contribution in [0.1, 0.15) is 24.2 Å². The van der Waals surface area contributed by atoms with Gasteiger partial charge in [-0.1, -0.05) is 0 Å². The van der Waals surface area contributed by atoms with E-state index in [1.807, 2.05) is 0 Å². The average Bonchev–Trinajstić information content (AvgIpc) is 2.86. The lowest BCUT2D eigenvalue weighted by Crippen LogP contribution is -2.45. The molecule has 9 nitrogen and oxygen atoms in total. The molecule has 1 aromatic rings. The number of carbonyl (C=O) groups is 2. The largest absolute Gasteiger partial charge is 0.478 e. The monoisotopic (exact) mass is 304 g/mol. The number of aromatic carboxylic acids is 1. The van der Waals surface area contributed by atoms with Crippen molar-refractivity contribution in [2.45, 2.75) is 24.9 Å². The highest BCUT2D eigenvalue weighted by atomic mass is 32.2. The fraction of sp³-hybridized carbons (Fsp3) is 0.500. The molecule has 0 aromatic carbocycles. The van der Waals surface area contributed by atoms with Gasteiger partial charge in [0.05, 0.1) is 12.2 Å². The summed E-state index contributed by atoms with van der Waals surface area (Å²) in [6.45, 7) is 3.55. The molecule has 1 rings (SSSR count). The highest BCUT2D eigenvalue weighted by Gasteiger charge is 2.29. The number of aromatic nitrogens is 2. The van der Waals surface area contributed by atoms with Crippen molar-refractivity contribution in [2.75, 3.05) is 13.6 Å². The van der Waals surface area contributed by atoms with Gasteiger partial charge in [-0.05, 0) is 13.8 Å². The van der Waals surface area contributed by atoms with Crippen molar-refractivity contribution in [1.29, 1.82) is 0 Å². The Hall–Kier alpha value is -1.94. The van der Waals surface area contributed by atoms with E-state index < -0.39 is 38.5 Å². The molecular formula is C10H16N4O5S. The summed E-state index contributed by atoms with van der Waals surface area (Å²) >= 11 is 0. The van der Waals surface area contributed by atoms with Crippen LogP contribution in [0.4, 0.5) is 0 Å². The van der Waals surface area contributed by atoms with Crippen molar-refractivity contribution >= 4 is 21.9 Å². The quantitative estimate of drug-likeness (QED) is 0.633. The van der Waals surface area contributed by atoms with Gasteiger partial charge in [-0.25, -0.2) is 13.2 Å². The van der Waals surface area contributed by atoms with Crippen molar-refractivity contribution in [3.63, 3.8) is 0 Å². The lowest BCUT2D eigenvalue weighted by molar-refractivity contribution is -0.131. The SMILES string of the molecule is CCN(C)C(=O)C(C)NS(=O)(=O)c1[nH]ncc1C(=O)O. The topological polar surface area (TPSA) is 132 Å². The number of nitrogens with zero attached hydrogens (tertiary/aromatic N) is 2. The number of rotatable bonds is 6. The van der Waals surface area contributed by atoms with Crippen LogP contribution in [0.5, 0.6) is 0 Å². The normalized spacial score (nSPS) is 12.9. The van der Waals surface area contributed by atoms with Gasteiger partial charge in [-0.2, -0.15) is 9.82 Å². The standard InChI is InChI=1S/C10H16N4O5S/c1-4-14(3)9(15)6(2)13-20(18,19)8-7(10(16)17)5-11-12-8/h5-6,13H,4H2,1-3H3,(H,11,12)(H,16,17). The molecule has 1 atom stereocenters. The number of nitrogens with one attached hydrogen (secondary N) is 2. The summed E-state index contributed by atoms with van der Waals surface area (Å²) in [5.41, 5.74) is -0.485. The van der Waals surface area contributed by atoms with Crippen LogP contribution in [-0.4, -0.2) is 60.1 Å². The number of H-pyrrole nitrogens is 1.